The van der Waals surface area contributed by atoms with Crippen LogP contribution >= 0.6 is 0 Å². The third kappa shape index (κ3) is 2.93. The summed E-state index contributed by atoms with van der Waals surface area (Å²) in [6.07, 6.45) is 6.93. The molecule has 24 heavy (non-hydrogen) atoms. The summed E-state index contributed by atoms with van der Waals surface area (Å²) in [5, 5.41) is 4.11. The van der Waals surface area contributed by atoms with E-state index in [2.05, 4.69) is 17.0 Å². The number of rotatable bonds is 5. The third-order valence-corrected chi connectivity index (χ3v) is 6.04. The molecule has 1 saturated carbocycles. The van der Waals surface area contributed by atoms with E-state index in [0.29, 0.717) is 12.1 Å². The molecule has 0 aromatic heterocycles. The van der Waals surface area contributed by atoms with Crippen molar-refractivity contribution in [1.82, 2.24) is 9.80 Å². The SMILES string of the molecule is CCCCN1CCC[C@]2(CC(C(=O)N3CC(F)(C4CC4)C3)=NO2)C1. The first-order valence-electron chi connectivity index (χ1n) is 9.49. The molecular formula is C18H28FN3O2. The molecule has 3 aliphatic heterocycles. The molecule has 2 saturated heterocycles. The van der Waals surface area contributed by atoms with Gasteiger partial charge < -0.3 is 9.74 Å². The Kier molecular flexibility index (Phi) is 4.06. The van der Waals surface area contributed by atoms with E-state index in [1.54, 1.807) is 4.90 Å². The molecule has 0 radical (unpaired) electrons. The molecule has 1 aliphatic carbocycles. The predicted molar refractivity (Wildman–Crippen MR) is 89.6 cm³/mol. The van der Waals surface area contributed by atoms with E-state index in [9.17, 15) is 9.18 Å². The maximum Gasteiger partial charge on any atom is 0.272 e. The largest absolute Gasteiger partial charge is 0.387 e. The zero-order valence-electron chi connectivity index (χ0n) is 14.6. The van der Waals surface area contributed by atoms with Crippen LogP contribution in [0, 0.1) is 5.92 Å². The third-order valence-electron chi connectivity index (χ3n) is 6.04. The lowest BCUT2D eigenvalue weighted by Crippen LogP contribution is -2.63. The van der Waals surface area contributed by atoms with E-state index in [0.717, 1.165) is 45.3 Å². The van der Waals surface area contributed by atoms with Crippen LogP contribution in [0.2, 0.25) is 0 Å². The molecule has 0 unspecified atom stereocenters. The molecule has 1 atom stereocenters. The highest BCUT2D eigenvalue weighted by Gasteiger charge is 2.56. The van der Waals surface area contributed by atoms with E-state index >= 15 is 0 Å². The number of carbonyl (C=O) groups is 1. The lowest BCUT2D eigenvalue weighted by Gasteiger charge is -2.44. The van der Waals surface area contributed by atoms with Crippen LogP contribution in [-0.4, -0.2) is 65.4 Å². The first kappa shape index (κ1) is 16.3. The molecule has 3 heterocycles. The number of unbranched alkanes of at least 4 members (excludes halogenated alkanes) is 1. The van der Waals surface area contributed by atoms with Gasteiger partial charge in [-0.2, -0.15) is 0 Å². The fourth-order valence-electron chi connectivity index (χ4n) is 4.39. The summed E-state index contributed by atoms with van der Waals surface area (Å²) in [6, 6.07) is 0. The molecule has 4 rings (SSSR count). The van der Waals surface area contributed by atoms with Gasteiger partial charge in [0.2, 0.25) is 0 Å². The molecule has 0 bridgehead atoms. The fraction of sp³-hybridized carbons (Fsp3) is 0.889. The molecule has 5 nitrogen and oxygen atoms in total. The molecular weight excluding hydrogens is 309 g/mol. The van der Waals surface area contributed by atoms with E-state index in [4.69, 9.17) is 4.84 Å². The van der Waals surface area contributed by atoms with Gasteiger partial charge in [0.1, 0.15) is 11.4 Å². The Bertz CT molecular complexity index is 542. The van der Waals surface area contributed by atoms with Crippen LogP contribution in [0.4, 0.5) is 4.39 Å². The van der Waals surface area contributed by atoms with Crippen molar-refractivity contribution in [2.24, 2.45) is 11.1 Å². The van der Waals surface area contributed by atoms with Gasteiger partial charge in [0.15, 0.2) is 5.60 Å². The second-order valence-corrected chi connectivity index (χ2v) is 8.19. The maximum atomic E-state index is 14.4. The number of carbonyl (C=O) groups excluding carboxylic acids is 1. The minimum Gasteiger partial charge on any atom is -0.387 e. The Morgan fingerprint density at radius 3 is 2.88 bits per heavy atom. The normalized spacial score (nSPS) is 32.4. The summed E-state index contributed by atoms with van der Waals surface area (Å²) in [6.45, 7) is 5.72. The molecule has 4 aliphatic rings. The number of halogens is 1. The Morgan fingerprint density at radius 2 is 2.17 bits per heavy atom. The minimum atomic E-state index is -1.13. The Balaban J connectivity index is 1.31. The van der Waals surface area contributed by atoms with Gasteiger partial charge >= 0.3 is 0 Å². The molecule has 3 fully saturated rings. The zero-order chi connectivity index (χ0) is 16.8. The van der Waals surface area contributed by atoms with Crippen LogP contribution in [0.5, 0.6) is 0 Å². The quantitative estimate of drug-likeness (QED) is 0.774. The van der Waals surface area contributed by atoms with Crippen molar-refractivity contribution in [1.29, 1.82) is 0 Å². The van der Waals surface area contributed by atoms with E-state index < -0.39 is 5.67 Å². The van der Waals surface area contributed by atoms with Gasteiger partial charge in [-0.15, -0.1) is 0 Å². The number of amides is 1. The topological polar surface area (TPSA) is 45.1 Å². The van der Waals surface area contributed by atoms with Crippen LogP contribution in [0.3, 0.4) is 0 Å². The second-order valence-electron chi connectivity index (χ2n) is 8.19. The highest BCUT2D eigenvalue weighted by molar-refractivity contribution is 6.39. The van der Waals surface area contributed by atoms with E-state index in [-0.39, 0.29) is 30.5 Å². The zero-order valence-corrected chi connectivity index (χ0v) is 14.6. The average molecular weight is 337 g/mol. The van der Waals surface area contributed by atoms with Gasteiger partial charge in [-0.05, 0) is 51.1 Å². The van der Waals surface area contributed by atoms with Gasteiger partial charge in [-0.3, -0.25) is 9.69 Å². The van der Waals surface area contributed by atoms with Gasteiger partial charge in [0.05, 0.1) is 13.1 Å². The molecule has 1 spiro atoms. The van der Waals surface area contributed by atoms with Crippen LogP contribution in [0.1, 0.15) is 51.9 Å². The molecule has 134 valence electrons. The number of piperidine rings is 1. The standard InChI is InChI=1S/C18H28FN3O2/c1-2-3-8-21-9-4-7-17(11-21)10-15(20-24-17)16(23)22-12-18(19,13-22)14-5-6-14/h14H,2-13H2,1H3/t17-/m0/s1. The van der Waals surface area contributed by atoms with Crippen molar-refractivity contribution >= 4 is 11.6 Å². The Morgan fingerprint density at radius 1 is 1.38 bits per heavy atom. The van der Waals surface area contributed by atoms with Crippen molar-refractivity contribution in [2.75, 3.05) is 32.7 Å². The average Bonchev–Trinajstić information content (AvgIpc) is 3.33. The van der Waals surface area contributed by atoms with Gasteiger partial charge in [-0.25, -0.2) is 4.39 Å². The van der Waals surface area contributed by atoms with Crippen molar-refractivity contribution < 1.29 is 14.0 Å². The molecule has 0 aromatic rings. The number of likely N-dealkylation sites (tertiary alicyclic amines) is 2. The lowest BCUT2D eigenvalue weighted by atomic mass is 9.86. The second kappa shape index (κ2) is 5.97. The number of hydrogen-bond donors (Lipinski definition) is 0. The molecule has 0 aromatic carbocycles. The Hall–Kier alpha value is -1.17. The number of alkyl halides is 1. The first-order valence-corrected chi connectivity index (χ1v) is 9.49. The summed E-state index contributed by atoms with van der Waals surface area (Å²) in [4.78, 5) is 22.4. The van der Waals surface area contributed by atoms with Crippen LogP contribution in [0.25, 0.3) is 0 Å². The van der Waals surface area contributed by atoms with Crippen molar-refractivity contribution in [3.63, 3.8) is 0 Å². The summed E-state index contributed by atoms with van der Waals surface area (Å²) >= 11 is 0. The number of oxime groups is 1. The molecule has 6 heteroatoms. The minimum absolute atomic E-state index is 0.119. The van der Waals surface area contributed by atoms with Crippen molar-refractivity contribution in [3.8, 4) is 0 Å². The summed E-state index contributed by atoms with van der Waals surface area (Å²) < 4.78 is 14.4. The van der Waals surface area contributed by atoms with Gasteiger partial charge in [-0.1, -0.05) is 18.5 Å². The van der Waals surface area contributed by atoms with Crippen molar-refractivity contribution in [3.05, 3.63) is 0 Å². The highest BCUT2D eigenvalue weighted by atomic mass is 19.1. The van der Waals surface area contributed by atoms with Crippen LogP contribution < -0.4 is 0 Å². The number of hydrogen-bond acceptors (Lipinski definition) is 4. The van der Waals surface area contributed by atoms with Crippen molar-refractivity contribution in [2.45, 2.75) is 63.1 Å². The highest BCUT2D eigenvalue weighted by Crippen LogP contribution is 2.47. The van der Waals surface area contributed by atoms with Gasteiger partial charge in [0.25, 0.3) is 5.91 Å². The number of nitrogens with zero attached hydrogens (tertiary/aromatic N) is 3. The summed E-state index contributed by atoms with van der Waals surface area (Å²) in [7, 11) is 0. The van der Waals surface area contributed by atoms with E-state index in [1.807, 2.05) is 0 Å². The molecule has 0 N–H and O–H groups in total. The maximum absolute atomic E-state index is 14.4. The van der Waals surface area contributed by atoms with Crippen LogP contribution in [0.15, 0.2) is 5.16 Å². The first-order chi connectivity index (χ1) is 11.5. The monoisotopic (exact) mass is 337 g/mol. The van der Waals surface area contributed by atoms with Gasteiger partial charge in [0, 0.05) is 13.0 Å². The fourth-order valence-corrected chi connectivity index (χ4v) is 4.39. The smallest absolute Gasteiger partial charge is 0.272 e. The van der Waals surface area contributed by atoms with E-state index in [1.165, 1.54) is 12.8 Å². The van der Waals surface area contributed by atoms with Crippen LogP contribution in [-0.2, 0) is 9.63 Å². The molecule has 1 amide bonds. The predicted octanol–water partition coefficient (Wildman–Crippen LogP) is 2.36. The Labute approximate surface area is 143 Å². The summed E-state index contributed by atoms with van der Waals surface area (Å²) in [5.74, 6) is 0.0617. The summed E-state index contributed by atoms with van der Waals surface area (Å²) in [5.41, 5.74) is -0.967. The lowest BCUT2D eigenvalue weighted by molar-refractivity contribution is -0.139.